The van der Waals surface area contributed by atoms with E-state index in [4.69, 9.17) is 0 Å². The van der Waals surface area contributed by atoms with Crippen molar-refractivity contribution in [2.24, 2.45) is 0 Å². The highest BCUT2D eigenvalue weighted by Crippen LogP contribution is 2.16. The van der Waals surface area contributed by atoms with E-state index in [1.54, 1.807) is 16.7 Å². The van der Waals surface area contributed by atoms with Crippen LogP contribution in [-0.4, -0.2) is 35.1 Å². The lowest BCUT2D eigenvalue weighted by Crippen LogP contribution is -2.47. The zero-order valence-corrected chi connectivity index (χ0v) is 18.3. The molecule has 0 spiro atoms. The highest BCUT2D eigenvalue weighted by atomic mass is 32.2. The van der Waals surface area contributed by atoms with Crippen molar-refractivity contribution in [1.29, 1.82) is 0 Å². The van der Waals surface area contributed by atoms with Crippen LogP contribution in [0, 0.1) is 0 Å². The maximum atomic E-state index is 13.0. The lowest BCUT2D eigenvalue weighted by molar-refractivity contribution is -0.140. The average molecular weight is 413 g/mol. The Morgan fingerprint density at radius 3 is 2.24 bits per heavy atom. The molecule has 1 N–H and O–H groups in total. The smallest absolute Gasteiger partial charge is 0.242 e. The third-order valence-corrected chi connectivity index (χ3v) is 5.79. The van der Waals surface area contributed by atoms with Gasteiger partial charge in [-0.25, -0.2) is 0 Å². The van der Waals surface area contributed by atoms with Crippen LogP contribution >= 0.6 is 11.8 Å². The minimum Gasteiger partial charge on any atom is -0.354 e. The number of carbonyl (C=O) groups excluding carboxylic acids is 2. The minimum absolute atomic E-state index is 0.0209. The van der Waals surface area contributed by atoms with Crippen LogP contribution in [-0.2, 0) is 21.9 Å². The molecule has 2 aromatic rings. The molecule has 0 radical (unpaired) electrons. The normalized spacial score (nSPS) is 11.7. The second-order valence-corrected chi connectivity index (χ2v) is 8.22. The third kappa shape index (κ3) is 8.32. The van der Waals surface area contributed by atoms with Crippen molar-refractivity contribution >= 4 is 23.6 Å². The highest BCUT2D eigenvalue weighted by Gasteiger charge is 2.25. The van der Waals surface area contributed by atoms with Crippen LogP contribution < -0.4 is 5.32 Å². The molecule has 2 rings (SSSR count). The van der Waals surface area contributed by atoms with Crippen molar-refractivity contribution < 1.29 is 9.59 Å². The summed E-state index contributed by atoms with van der Waals surface area (Å²) >= 11 is 1.75. The number of hydrogen-bond acceptors (Lipinski definition) is 3. The molecule has 0 heterocycles. The van der Waals surface area contributed by atoms with Gasteiger partial charge in [0.15, 0.2) is 0 Å². The highest BCUT2D eigenvalue weighted by molar-refractivity contribution is 7.98. The van der Waals surface area contributed by atoms with Crippen LogP contribution in [0.3, 0.4) is 0 Å². The zero-order chi connectivity index (χ0) is 20.9. The van der Waals surface area contributed by atoms with E-state index in [-0.39, 0.29) is 11.8 Å². The van der Waals surface area contributed by atoms with Gasteiger partial charge in [0.1, 0.15) is 6.04 Å². The molecule has 156 valence electrons. The summed E-state index contributed by atoms with van der Waals surface area (Å²) in [6.07, 6.45) is 2.40. The Bertz CT molecular complexity index is 737. The Morgan fingerprint density at radius 1 is 1.00 bits per heavy atom. The summed E-state index contributed by atoms with van der Waals surface area (Å²) in [6.45, 7) is 5.01. The fourth-order valence-electron chi connectivity index (χ4n) is 2.97. The van der Waals surface area contributed by atoms with Gasteiger partial charge in [-0.3, -0.25) is 9.59 Å². The van der Waals surface area contributed by atoms with E-state index in [1.807, 2.05) is 55.5 Å². The molecule has 5 heteroatoms. The van der Waals surface area contributed by atoms with Crippen LogP contribution in [0.25, 0.3) is 0 Å². The molecular weight excluding hydrogens is 380 g/mol. The molecule has 0 saturated heterocycles. The molecule has 0 fully saturated rings. The van der Waals surface area contributed by atoms with Gasteiger partial charge in [0.05, 0.1) is 0 Å². The van der Waals surface area contributed by atoms with Crippen LogP contribution in [0.4, 0.5) is 0 Å². The molecule has 0 saturated carbocycles. The average Bonchev–Trinajstić information content (AvgIpc) is 2.76. The van der Waals surface area contributed by atoms with Gasteiger partial charge in [0.2, 0.25) is 11.8 Å². The first-order chi connectivity index (χ1) is 14.1. The number of amides is 2. The Hall–Kier alpha value is -2.27. The molecule has 2 amide bonds. The lowest BCUT2D eigenvalue weighted by Gasteiger charge is -2.29. The first-order valence-corrected chi connectivity index (χ1v) is 11.5. The summed E-state index contributed by atoms with van der Waals surface area (Å²) in [5, 5.41) is 2.96. The number of thioether (sulfide) groups is 1. The molecule has 4 nitrogen and oxygen atoms in total. The maximum Gasteiger partial charge on any atom is 0.242 e. The molecule has 0 aliphatic carbocycles. The van der Waals surface area contributed by atoms with E-state index in [2.05, 4.69) is 24.4 Å². The third-order valence-electron chi connectivity index (χ3n) is 4.76. The number of benzene rings is 2. The summed E-state index contributed by atoms with van der Waals surface area (Å²) < 4.78 is 0. The number of unbranched alkanes of at least 4 members (excludes halogenated alkanes) is 1. The summed E-state index contributed by atoms with van der Waals surface area (Å²) in [7, 11) is 0. The fraction of sp³-hybridized carbons (Fsp3) is 0.417. The Kier molecular flexibility index (Phi) is 10.4. The second kappa shape index (κ2) is 13.0. The second-order valence-electron chi connectivity index (χ2n) is 7.12. The van der Waals surface area contributed by atoms with Gasteiger partial charge in [-0.15, -0.1) is 0 Å². The number of nitrogens with one attached hydrogen (secondary N) is 1. The fourth-order valence-corrected chi connectivity index (χ4v) is 3.86. The Labute approximate surface area is 179 Å². The van der Waals surface area contributed by atoms with Gasteiger partial charge < -0.3 is 10.2 Å². The van der Waals surface area contributed by atoms with Crippen LogP contribution in [0.5, 0.6) is 0 Å². The summed E-state index contributed by atoms with van der Waals surface area (Å²) in [4.78, 5) is 27.2. The van der Waals surface area contributed by atoms with Crippen molar-refractivity contribution in [2.45, 2.75) is 51.4 Å². The van der Waals surface area contributed by atoms with Gasteiger partial charge >= 0.3 is 0 Å². The van der Waals surface area contributed by atoms with E-state index in [0.29, 0.717) is 19.5 Å². The number of hydrogen-bond donors (Lipinski definition) is 1. The van der Waals surface area contributed by atoms with Gasteiger partial charge in [-0.05, 0) is 24.5 Å². The van der Waals surface area contributed by atoms with Gasteiger partial charge in [-0.2, -0.15) is 11.8 Å². The standard InChI is InChI=1S/C24H32N2O2S/c1-3-4-16-25-24(28)20(2)26(18-21-11-7-5-8-12-21)23(27)15-17-29-19-22-13-9-6-10-14-22/h5-14,20H,3-4,15-19H2,1-2H3,(H,25,28)/t20-/m0/s1. The van der Waals surface area contributed by atoms with E-state index in [0.717, 1.165) is 29.9 Å². The summed E-state index contributed by atoms with van der Waals surface area (Å²) in [6, 6.07) is 19.6. The molecule has 2 aromatic carbocycles. The molecule has 0 aliphatic heterocycles. The van der Waals surface area contributed by atoms with Crippen molar-refractivity contribution in [2.75, 3.05) is 12.3 Å². The van der Waals surface area contributed by atoms with Crippen LogP contribution in [0.15, 0.2) is 60.7 Å². The topological polar surface area (TPSA) is 49.4 Å². The number of rotatable bonds is 12. The molecule has 0 aliphatic rings. The van der Waals surface area contributed by atoms with Crippen molar-refractivity contribution in [3.05, 3.63) is 71.8 Å². The lowest BCUT2D eigenvalue weighted by atomic mass is 10.1. The van der Waals surface area contributed by atoms with Gasteiger partial charge in [-0.1, -0.05) is 74.0 Å². The van der Waals surface area contributed by atoms with Crippen molar-refractivity contribution in [3.63, 3.8) is 0 Å². The quantitative estimate of drug-likeness (QED) is 0.517. The predicted octanol–water partition coefficient (Wildman–Crippen LogP) is 4.64. The molecular formula is C24H32N2O2S. The zero-order valence-electron chi connectivity index (χ0n) is 17.5. The van der Waals surface area contributed by atoms with E-state index < -0.39 is 6.04 Å². The molecule has 1 atom stereocenters. The summed E-state index contributed by atoms with van der Waals surface area (Å²) in [5.41, 5.74) is 2.29. The maximum absolute atomic E-state index is 13.0. The van der Waals surface area contributed by atoms with Gasteiger partial charge in [0.25, 0.3) is 0 Å². The minimum atomic E-state index is -0.487. The molecule has 29 heavy (non-hydrogen) atoms. The van der Waals surface area contributed by atoms with E-state index >= 15 is 0 Å². The molecule has 0 bridgehead atoms. The monoisotopic (exact) mass is 412 g/mol. The van der Waals surface area contributed by atoms with Crippen LogP contribution in [0.2, 0.25) is 0 Å². The SMILES string of the molecule is CCCCNC(=O)[C@H](C)N(Cc1ccccc1)C(=O)CCSCc1ccccc1. The first kappa shape index (κ1) is 23.0. The van der Waals surface area contributed by atoms with Gasteiger partial charge in [0, 0.05) is 31.0 Å². The van der Waals surface area contributed by atoms with E-state index in [9.17, 15) is 9.59 Å². The van der Waals surface area contributed by atoms with Crippen molar-refractivity contribution in [1.82, 2.24) is 10.2 Å². The van der Waals surface area contributed by atoms with Crippen LogP contribution in [0.1, 0.15) is 44.2 Å². The molecule has 0 aromatic heterocycles. The van der Waals surface area contributed by atoms with E-state index in [1.165, 1.54) is 5.56 Å². The predicted molar refractivity (Wildman–Crippen MR) is 122 cm³/mol. The number of carbonyl (C=O) groups is 2. The van der Waals surface area contributed by atoms with Crippen molar-refractivity contribution in [3.8, 4) is 0 Å². The number of nitrogens with zero attached hydrogens (tertiary/aromatic N) is 1. The Balaban J connectivity index is 1.93. The first-order valence-electron chi connectivity index (χ1n) is 10.3. The molecule has 0 unspecified atom stereocenters. The largest absolute Gasteiger partial charge is 0.354 e. The Morgan fingerprint density at radius 2 is 1.62 bits per heavy atom. The summed E-state index contributed by atoms with van der Waals surface area (Å²) in [5.74, 6) is 1.57.